The van der Waals surface area contributed by atoms with E-state index in [0.29, 0.717) is 5.41 Å². The second-order valence-corrected chi connectivity index (χ2v) is 13.5. The molecular weight excluding hydrogens is 458 g/mol. The molecule has 4 saturated carbocycles. The van der Waals surface area contributed by atoms with Gasteiger partial charge in [-0.2, -0.15) is 0 Å². The van der Waals surface area contributed by atoms with Gasteiger partial charge in [0.25, 0.3) is 0 Å². The molecule has 5 aromatic rings. The zero-order valence-electron chi connectivity index (χ0n) is 23.7. The van der Waals surface area contributed by atoms with Gasteiger partial charge in [0.1, 0.15) is 0 Å². The molecule has 4 fully saturated rings. The van der Waals surface area contributed by atoms with Crippen LogP contribution in [0.25, 0.3) is 50.7 Å². The normalized spacial score (nSPS) is 26.8. The van der Waals surface area contributed by atoms with Crippen molar-refractivity contribution in [2.75, 3.05) is 0 Å². The van der Waals surface area contributed by atoms with Crippen molar-refractivity contribution >= 4 is 50.7 Å². The molecule has 0 N–H and O–H groups in total. The van der Waals surface area contributed by atoms with Crippen molar-refractivity contribution in [3.63, 3.8) is 0 Å². The van der Waals surface area contributed by atoms with E-state index in [9.17, 15) is 0 Å². The van der Waals surface area contributed by atoms with E-state index >= 15 is 0 Å². The first kappa shape index (κ1) is 22.9. The summed E-state index contributed by atoms with van der Waals surface area (Å²) in [6.07, 6.45) is 13.2. The van der Waals surface area contributed by atoms with Crippen LogP contribution in [0.15, 0.2) is 36.4 Å². The summed E-state index contributed by atoms with van der Waals surface area (Å²) in [5.41, 5.74) is 12.9. The first-order valence-electron chi connectivity index (χ1n) is 14.9. The Hall–Kier alpha value is -3.06. The number of pyridine rings is 1. The van der Waals surface area contributed by atoms with Crippen molar-refractivity contribution in [3.8, 4) is 0 Å². The molecule has 3 aromatic carbocycles. The first-order chi connectivity index (χ1) is 18.3. The summed E-state index contributed by atoms with van der Waals surface area (Å²) >= 11 is 0. The topological polar surface area (TPSA) is 4.41 Å². The molecule has 4 aliphatic rings. The molecule has 0 atom stereocenters. The average molecular weight is 498 g/mol. The van der Waals surface area contributed by atoms with E-state index in [4.69, 9.17) is 6.58 Å². The van der Waals surface area contributed by atoms with Crippen LogP contribution in [-0.2, 0) is 5.41 Å². The fourth-order valence-corrected chi connectivity index (χ4v) is 10.0. The Labute approximate surface area is 226 Å². The van der Waals surface area contributed by atoms with Gasteiger partial charge >= 0.3 is 0 Å². The summed E-state index contributed by atoms with van der Waals surface area (Å²) in [4.78, 5) is 0. The lowest BCUT2D eigenvalue weighted by Crippen LogP contribution is -2.48. The Morgan fingerprint density at radius 1 is 0.789 bits per heavy atom. The number of hydrogen-bond donors (Lipinski definition) is 0. The van der Waals surface area contributed by atoms with Gasteiger partial charge in [-0.3, -0.25) is 0 Å². The highest BCUT2D eigenvalue weighted by Gasteiger charge is 2.52. The van der Waals surface area contributed by atoms with Crippen LogP contribution in [-0.4, -0.2) is 4.40 Å². The Bertz CT molecular complexity index is 1870. The maximum atomic E-state index is 4.83. The highest BCUT2D eigenvalue weighted by atomic mass is 14.9. The standard InChI is InChI=1S/C37H39N/c1-7-9-28-16-29(37-17-25-13-26(18-37)15-27(14-25)19-37)34-31-20(2)10-8-11-30(31)38-35-22(4)12-21(3)23(5)32(35)24(6)33(28)36(34)38/h7-12,16,25-27H,6,13-15,17-19H2,1-5H3/b9-7-. The minimum Gasteiger partial charge on any atom is -0.308 e. The Morgan fingerprint density at radius 3 is 2.13 bits per heavy atom. The number of hydrogen-bond acceptors (Lipinski definition) is 0. The van der Waals surface area contributed by atoms with Gasteiger partial charge in [0.05, 0.1) is 16.6 Å². The number of benzene rings is 3. The lowest BCUT2D eigenvalue weighted by atomic mass is 9.47. The third-order valence-electron chi connectivity index (χ3n) is 11.1. The molecule has 1 nitrogen and oxygen atoms in total. The molecule has 9 rings (SSSR count). The zero-order chi connectivity index (χ0) is 26.1. The minimum atomic E-state index is 0.324. The smallest absolute Gasteiger partial charge is 0.0628 e. The van der Waals surface area contributed by atoms with Crippen molar-refractivity contribution in [1.82, 2.24) is 4.40 Å². The van der Waals surface area contributed by atoms with E-state index in [1.165, 1.54) is 110 Å². The fraction of sp³-hybridized carbons (Fsp3) is 0.405. The zero-order valence-corrected chi connectivity index (χ0v) is 23.7. The van der Waals surface area contributed by atoms with Crippen LogP contribution in [0.5, 0.6) is 0 Å². The summed E-state index contributed by atoms with van der Waals surface area (Å²) < 4.78 is 2.65. The number of aryl methyl sites for hydroxylation is 4. The number of nitrogens with zero attached hydrogens (tertiary/aromatic N) is 1. The maximum Gasteiger partial charge on any atom is 0.0628 e. The number of rotatable bonds is 2. The van der Waals surface area contributed by atoms with Crippen LogP contribution in [0.4, 0.5) is 0 Å². The summed E-state index contributed by atoms with van der Waals surface area (Å²) in [7, 11) is 0. The molecule has 1 heteroatoms. The summed E-state index contributed by atoms with van der Waals surface area (Å²) in [6, 6.07) is 12.0. The molecule has 0 aliphatic heterocycles. The third-order valence-corrected chi connectivity index (χ3v) is 11.1. The first-order valence-corrected chi connectivity index (χ1v) is 14.9. The van der Waals surface area contributed by atoms with Crippen molar-refractivity contribution in [1.29, 1.82) is 0 Å². The van der Waals surface area contributed by atoms with Gasteiger partial charge in [-0.1, -0.05) is 36.9 Å². The van der Waals surface area contributed by atoms with Crippen molar-refractivity contribution in [2.45, 2.75) is 78.6 Å². The van der Waals surface area contributed by atoms with Gasteiger partial charge in [-0.15, -0.1) is 0 Å². The Balaban J connectivity index is 1.67. The average Bonchev–Trinajstić information content (AvgIpc) is 3.20. The molecule has 2 heterocycles. The summed E-state index contributed by atoms with van der Waals surface area (Å²) in [5.74, 6) is 2.77. The molecule has 0 amide bonds. The molecule has 0 saturated heterocycles. The molecule has 2 aromatic heterocycles. The predicted molar refractivity (Wildman–Crippen MR) is 164 cm³/mol. The SMILES string of the molecule is C=c1c2c(C)c(C)cc(C)c2n2c3cccc(C)c3c3c(C45CC6CC(CC(C6)C4)C5)cc(/C=C\C)c1c32. The van der Waals surface area contributed by atoms with E-state index in [0.717, 1.165) is 17.8 Å². The quantitative estimate of drug-likeness (QED) is 0.214. The number of fused-ring (bicyclic) bond motifs is 5. The van der Waals surface area contributed by atoms with Gasteiger partial charge in [-0.05, 0) is 147 Å². The largest absolute Gasteiger partial charge is 0.308 e. The van der Waals surface area contributed by atoms with Crippen molar-refractivity contribution < 1.29 is 0 Å². The van der Waals surface area contributed by atoms with Gasteiger partial charge in [-0.25, -0.2) is 0 Å². The van der Waals surface area contributed by atoms with E-state index in [1.54, 1.807) is 5.56 Å². The highest BCUT2D eigenvalue weighted by Crippen LogP contribution is 2.62. The molecule has 4 bridgehead atoms. The Morgan fingerprint density at radius 2 is 1.47 bits per heavy atom. The van der Waals surface area contributed by atoms with E-state index in [2.05, 4.69) is 81.5 Å². The maximum absolute atomic E-state index is 4.83. The van der Waals surface area contributed by atoms with Crippen molar-refractivity contribution in [2.24, 2.45) is 17.8 Å². The molecule has 0 radical (unpaired) electrons. The van der Waals surface area contributed by atoms with Gasteiger partial charge in [0.2, 0.25) is 0 Å². The van der Waals surface area contributed by atoms with E-state index < -0.39 is 0 Å². The van der Waals surface area contributed by atoms with Crippen LogP contribution in [0, 0.1) is 45.4 Å². The molecular formula is C37H39N. The fourth-order valence-electron chi connectivity index (χ4n) is 10.0. The molecule has 192 valence electrons. The van der Waals surface area contributed by atoms with Gasteiger partial charge in [0, 0.05) is 21.5 Å². The van der Waals surface area contributed by atoms with E-state index in [1.807, 2.05) is 0 Å². The van der Waals surface area contributed by atoms with Gasteiger partial charge in [0.15, 0.2) is 0 Å². The lowest BCUT2D eigenvalue weighted by Gasteiger charge is -2.57. The molecule has 38 heavy (non-hydrogen) atoms. The third kappa shape index (κ3) is 2.73. The molecule has 4 aliphatic carbocycles. The van der Waals surface area contributed by atoms with Crippen LogP contribution < -0.4 is 5.22 Å². The van der Waals surface area contributed by atoms with Crippen LogP contribution in [0.1, 0.15) is 78.8 Å². The molecule has 0 unspecified atom stereocenters. The van der Waals surface area contributed by atoms with Crippen molar-refractivity contribution in [3.05, 3.63) is 75.0 Å². The van der Waals surface area contributed by atoms with Gasteiger partial charge < -0.3 is 4.40 Å². The van der Waals surface area contributed by atoms with Crippen LogP contribution >= 0.6 is 0 Å². The molecule has 0 spiro atoms. The highest BCUT2D eigenvalue weighted by molar-refractivity contribution is 6.21. The number of aromatic nitrogens is 1. The summed E-state index contributed by atoms with van der Waals surface area (Å²) in [5, 5.41) is 6.89. The predicted octanol–water partition coefficient (Wildman–Crippen LogP) is 9.26. The minimum absolute atomic E-state index is 0.324. The van der Waals surface area contributed by atoms with Crippen LogP contribution in [0.3, 0.4) is 0 Å². The monoisotopic (exact) mass is 497 g/mol. The summed E-state index contributed by atoms with van der Waals surface area (Å²) in [6.45, 7) is 16.2. The van der Waals surface area contributed by atoms with E-state index in [-0.39, 0.29) is 0 Å². The number of allylic oxidation sites excluding steroid dienone is 1. The second kappa shape index (κ2) is 7.53. The Kier molecular flexibility index (Phi) is 4.53. The second-order valence-electron chi connectivity index (χ2n) is 13.5. The lowest BCUT2D eigenvalue weighted by molar-refractivity contribution is -0.00446. The van der Waals surface area contributed by atoms with Crippen LogP contribution in [0.2, 0.25) is 0 Å².